The Morgan fingerprint density at radius 3 is 2.45 bits per heavy atom. The third-order valence-corrected chi connectivity index (χ3v) is 5.63. The standard InChI is InChI=1S/C25H34N2O2/c1-18(2)23-12-11-19(3)15-24(23)29-20(4)25(28)26-16-21-9-5-6-10-22(21)17-27-13-7-8-14-27/h5-6,9-12,15,18,20H,7-8,13-14,16-17H2,1-4H3,(H,26,28)/t20-/m0/s1. The Morgan fingerprint density at radius 2 is 1.76 bits per heavy atom. The van der Waals surface area contributed by atoms with Crippen LogP contribution in [0.1, 0.15) is 61.8 Å². The smallest absolute Gasteiger partial charge is 0.261 e. The van der Waals surface area contributed by atoms with E-state index in [0.29, 0.717) is 12.5 Å². The molecule has 1 amide bonds. The van der Waals surface area contributed by atoms with Gasteiger partial charge in [-0.3, -0.25) is 9.69 Å². The molecule has 0 aromatic heterocycles. The summed E-state index contributed by atoms with van der Waals surface area (Å²) in [6.07, 6.45) is 2.02. The van der Waals surface area contributed by atoms with Crippen molar-refractivity contribution in [3.05, 3.63) is 64.7 Å². The first-order chi connectivity index (χ1) is 13.9. The average molecular weight is 395 g/mol. The van der Waals surface area contributed by atoms with Gasteiger partial charge in [0.05, 0.1) is 0 Å². The van der Waals surface area contributed by atoms with E-state index in [9.17, 15) is 4.79 Å². The highest BCUT2D eigenvalue weighted by atomic mass is 16.5. The Morgan fingerprint density at radius 1 is 1.07 bits per heavy atom. The van der Waals surface area contributed by atoms with Crippen LogP contribution in [0.25, 0.3) is 0 Å². The van der Waals surface area contributed by atoms with Crippen LogP contribution in [0.4, 0.5) is 0 Å². The zero-order valence-electron chi connectivity index (χ0n) is 18.2. The van der Waals surface area contributed by atoms with Crippen LogP contribution in [0.2, 0.25) is 0 Å². The molecule has 29 heavy (non-hydrogen) atoms. The lowest BCUT2D eigenvalue weighted by molar-refractivity contribution is -0.127. The fourth-order valence-electron chi connectivity index (χ4n) is 3.86. The normalized spacial score (nSPS) is 15.5. The van der Waals surface area contributed by atoms with Gasteiger partial charge in [0, 0.05) is 13.1 Å². The van der Waals surface area contributed by atoms with Crippen LogP contribution in [0, 0.1) is 6.92 Å². The number of benzene rings is 2. The van der Waals surface area contributed by atoms with Crippen molar-refractivity contribution in [2.75, 3.05) is 13.1 Å². The van der Waals surface area contributed by atoms with Crippen LogP contribution in [0.15, 0.2) is 42.5 Å². The van der Waals surface area contributed by atoms with Crippen molar-refractivity contribution in [2.45, 2.75) is 65.6 Å². The van der Waals surface area contributed by atoms with Gasteiger partial charge in [-0.15, -0.1) is 0 Å². The number of hydrogen-bond donors (Lipinski definition) is 1. The molecule has 4 heteroatoms. The Kier molecular flexibility index (Phi) is 7.32. The maximum atomic E-state index is 12.7. The highest BCUT2D eigenvalue weighted by Crippen LogP contribution is 2.28. The summed E-state index contributed by atoms with van der Waals surface area (Å²) in [5.74, 6) is 1.06. The van der Waals surface area contributed by atoms with Crippen molar-refractivity contribution >= 4 is 5.91 Å². The lowest BCUT2D eigenvalue weighted by atomic mass is 10.0. The Bertz CT molecular complexity index is 825. The van der Waals surface area contributed by atoms with Gasteiger partial charge in [0.15, 0.2) is 6.10 Å². The Labute approximate surface area is 175 Å². The molecule has 0 unspecified atom stereocenters. The topological polar surface area (TPSA) is 41.6 Å². The summed E-state index contributed by atoms with van der Waals surface area (Å²) in [5.41, 5.74) is 4.74. The molecule has 2 aromatic carbocycles. The quantitative estimate of drug-likeness (QED) is 0.699. The maximum absolute atomic E-state index is 12.7. The van der Waals surface area contributed by atoms with Crippen LogP contribution >= 0.6 is 0 Å². The van der Waals surface area contributed by atoms with Crippen LogP contribution in [-0.4, -0.2) is 30.0 Å². The predicted molar refractivity (Wildman–Crippen MR) is 118 cm³/mol. The summed E-state index contributed by atoms with van der Waals surface area (Å²) >= 11 is 0. The lowest BCUT2D eigenvalue weighted by Crippen LogP contribution is -2.36. The van der Waals surface area contributed by atoms with Crippen LogP contribution in [-0.2, 0) is 17.9 Å². The van der Waals surface area contributed by atoms with Gasteiger partial charge in [0.25, 0.3) is 5.91 Å². The summed E-state index contributed by atoms with van der Waals surface area (Å²) in [7, 11) is 0. The second-order valence-electron chi connectivity index (χ2n) is 8.43. The van der Waals surface area contributed by atoms with E-state index in [1.807, 2.05) is 26.0 Å². The minimum atomic E-state index is -0.542. The number of amides is 1. The first-order valence-corrected chi connectivity index (χ1v) is 10.8. The molecule has 1 aliphatic rings. The molecule has 0 saturated carbocycles. The summed E-state index contributed by atoms with van der Waals surface area (Å²) in [5, 5.41) is 3.07. The van der Waals surface area contributed by atoms with E-state index in [1.54, 1.807) is 0 Å². The number of carbonyl (C=O) groups is 1. The molecule has 156 valence electrons. The van der Waals surface area contributed by atoms with Crippen molar-refractivity contribution in [1.82, 2.24) is 10.2 Å². The van der Waals surface area contributed by atoms with Crippen molar-refractivity contribution in [3.8, 4) is 5.75 Å². The average Bonchev–Trinajstić information content (AvgIpc) is 3.20. The number of hydrogen-bond acceptors (Lipinski definition) is 3. The molecule has 0 bridgehead atoms. The predicted octanol–water partition coefficient (Wildman–Crippen LogP) is 4.80. The van der Waals surface area contributed by atoms with E-state index in [4.69, 9.17) is 4.74 Å². The minimum absolute atomic E-state index is 0.0859. The van der Waals surface area contributed by atoms with Crippen LogP contribution in [0.3, 0.4) is 0 Å². The van der Waals surface area contributed by atoms with Crippen molar-refractivity contribution < 1.29 is 9.53 Å². The molecule has 1 heterocycles. The molecule has 1 saturated heterocycles. The van der Waals surface area contributed by atoms with Gasteiger partial charge < -0.3 is 10.1 Å². The number of aryl methyl sites for hydroxylation is 1. The minimum Gasteiger partial charge on any atom is -0.481 e. The number of nitrogens with one attached hydrogen (secondary N) is 1. The maximum Gasteiger partial charge on any atom is 0.261 e. The first-order valence-electron chi connectivity index (χ1n) is 10.8. The number of ether oxygens (including phenoxy) is 1. The zero-order valence-corrected chi connectivity index (χ0v) is 18.2. The van der Waals surface area contributed by atoms with E-state index in [-0.39, 0.29) is 5.91 Å². The van der Waals surface area contributed by atoms with E-state index >= 15 is 0 Å². The Hall–Kier alpha value is -2.33. The van der Waals surface area contributed by atoms with Gasteiger partial charge in [-0.05, 0) is 74.0 Å². The van der Waals surface area contributed by atoms with Crippen molar-refractivity contribution in [2.24, 2.45) is 0 Å². The molecule has 4 nitrogen and oxygen atoms in total. The second kappa shape index (κ2) is 9.93. The van der Waals surface area contributed by atoms with Gasteiger partial charge in [0.2, 0.25) is 0 Å². The third kappa shape index (κ3) is 5.83. The number of rotatable bonds is 8. The molecule has 0 aliphatic carbocycles. The molecule has 3 rings (SSSR count). The number of likely N-dealkylation sites (tertiary alicyclic amines) is 1. The fourth-order valence-corrected chi connectivity index (χ4v) is 3.86. The highest BCUT2D eigenvalue weighted by molar-refractivity contribution is 5.80. The lowest BCUT2D eigenvalue weighted by Gasteiger charge is -2.20. The molecular weight excluding hydrogens is 360 g/mol. The van der Waals surface area contributed by atoms with Crippen LogP contribution in [0.5, 0.6) is 5.75 Å². The SMILES string of the molecule is Cc1ccc(C(C)C)c(O[C@@H](C)C(=O)NCc2ccccc2CN2CCCC2)c1. The van der Waals surface area contributed by atoms with E-state index in [2.05, 4.69) is 54.4 Å². The molecule has 1 fully saturated rings. The van der Waals surface area contributed by atoms with E-state index in [0.717, 1.165) is 23.4 Å². The van der Waals surface area contributed by atoms with Crippen LogP contribution < -0.4 is 10.1 Å². The second-order valence-corrected chi connectivity index (χ2v) is 8.43. The van der Waals surface area contributed by atoms with E-state index < -0.39 is 6.10 Å². The molecular formula is C25H34N2O2. The summed E-state index contributed by atoms with van der Waals surface area (Å²) < 4.78 is 6.06. The monoisotopic (exact) mass is 394 g/mol. The third-order valence-electron chi connectivity index (χ3n) is 5.63. The molecule has 0 radical (unpaired) electrons. The summed E-state index contributed by atoms with van der Waals surface area (Å²) in [6, 6.07) is 14.6. The number of carbonyl (C=O) groups excluding carboxylic acids is 1. The number of nitrogens with zero attached hydrogens (tertiary/aromatic N) is 1. The largest absolute Gasteiger partial charge is 0.481 e. The summed E-state index contributed by atoms with van der Waals surface area (Å²) in [4.78, 5) is 15.2. The zero-order chi connectivity index (χ0) is 20.8. The summed E-state index contributed by atoms with van der Waals surface area (Å²) in [6.45, 7) is 12.0. The molecule has 2 aromatic rings. The molecule has 0 spiro atoms. The van der Waals surface area contributed by atoms with Gasteiger partial charge in [-0.1, -0.05) is 50.2 Å². The van der Waals surface area contributed by atoms with Crippen molar-refractivity contribution in [3.63, 3.8) is 0 Å². The first kappa shape index (κ1) is 21.4. The Balaban J connectivity index is 1.60. The van der Waals surface area contributed by atoms with Gasteiger partial charge in [-0.2, -0.15) is 0 Å². The fraction of sp³-hybridized carbons (Fsp3) is 0.480. The highest BCUT2D eigenvalue weighted by Gasteiger charge is 2.18. The van der Waals surface area contributed by atoms with E-state index in [1.165, 1.54) is 37.1 Å². The van der Waals surface area contributed by atoms with Gasteiger partial charge in [0.1, 0.15) is 5.75 Å². The molecule has 1 aliphatic heterocycles. The molecule has 1 N–H and O–H groups in total. The van der Waals surface area contributed by atoms with Gasteiger partial charge >= 0.3 is 0 Å². The molecule has 1 atom stereocenters. The van der Waals surface area contributed by atoms with Gasteiger partial charge in [-0.25, -0.2) is 0 Å². The van der Waals surface area contributed by atoms with Crippen molar-refractivity contribution in [1.29, 1.82) is 0 Å².